The van der Waals surface area contributed by atoms with Gasteiger partial charge in [-0.2, -0.15) is 0 Å². The van der Waals surface area contributed by atoms with E-state index in [0.717, 1.165) is 0 Å². The van der Waals surface area contributed by atoms with Crippen molar-refractivity contribution in [3.8, 4) is 5.69 Å². The van der Waals surface area contributed by atoms with E-state index >= 15 is 0 Å². The number of methoxy groups -OCH3 is 1. The Hall–Kier alpha value is -2.08. The number of hydrogen-bond donors (Lipinski definition) is 0. The van der Waals surface area contributed by atoms with Gasteiger partial charge in [0.1, 0.15) is 10.9 Å². The van der Waals surface area contributed by atoms with Gasteiger partial charge in [-0.15, -0.1) is 11.8 Å². The van der Waals surface area contributed by atoms with Crippen molar-refractivity contribution < 1.29 is 9.53 Å². The third kappa shape index (κ3) is 2.85. The minimum atomic E-state index is -0.663. The van der Waals surface area contributed by atoms with Crippen LogP contribution in [0.25, 0.3) is 5.69 Å². The summed E-state index contributed by atoms with van der Waals surface area (Å²) in [7, 11) is 1.26. The molecule has 21 heavy (non-hydrogen) atoms. The summed E-state index contributed by atoms with van der Waals surface area (Å²) in [6.45, 7) is 1.92. The van der Waals surface area contributed by atoms with Crippen LogP contribution in [-0.2, 0) is 11.2 Å². The van der Waals surface area contributed by atoms with Crippen molar-refractivity contribution in [2.24, 2.45) is 0 Å². The van der Waals surface area contributed by atoms with Crippen LogP contribution >= 0.6 is 11.8 Å². The molecule has 0 atom stereocenters. The average Bonchev–Trinajstić information content (AvgIpc) is 2.53. The maximum absolute atomic E-state index is 12.7. The Bertz CT molecular complexity index is 711. The van der Waals surface area contributed by atoms with Gasteiger partial charge in [0.15, 0.2) is 5.56 Å². The summed E-state index contributed by atoms with van der Waals surface area (Å²) >= 11 is 1.26. The number of ether oxygens (including phenoxy) is 1. The molecule has 0 radical (unpaired) electrons. The molecule has 0 spiro atoms. The normalized spacial score (nSPS) is 10.4. The highest BCUT2D eigenvalue weighted by Gasteiger charge is 2.22. The summed E-state index contributed by atoms with van der Waals surface area (Å²) in [5.74, 6) is -0.0487. The first-order chi connectivity index (χ1) is 10.1. The Kier molecular flexibility index (Phi) is 4.80. The van der Waals surface area contributed by atoms with E-state index in [9.17, 15) is 9.59 Å². The molecule has 0 unspecified atom stereocenters. The molecule has 1 aromatic heterocycles. The van der Waals surface area contributed by atoms with Crippen molar-refractivity contribution in [1.82, 2.24) is 9.55 Å². The molecule has 0 aliphatic carbocycles. The monoisotopic (exact) mass is 304 g/mol. The standard InChI is InChI=1S/C15H16N2O3S/c1-4-11-16-13(21-3)12(15(19)20-2)14(18)17(11)10-8-6-5-7-9-10/h5-9H,4H2,1-3H3. The number of carbonyl (C=O) groups excluding carboxylic acids is 1. The lowest BCUT2D eigenvalue weighted by Crippen LogP contribution is -2.30. The van der Waals surface area contributed by atoms with Crippen molar-refractivity contribution in [1.29, 1.82) is 0 Å². The molecule has 2 aromatic rings. The molecule has 0 saturated carbocycles. The number of rotatable bonds is 4. The van der Waals surface area contributed by atoms with Gasteiger partial charge < -0.3 is 4.74 Å². The fraction of sp³-hybridized carbons (Fsp3) is 0.267. The van der Waals surface area contributed by atoms with Crippen molar-refractivity contribution in [2.75, 3.05) is 13.4 Å². The Morgan fingerprint density at radius 1 is 1.33 bits per heavy atom. The van der Waals surface area contributed by atoms with Gasteiger partial charge in [-0.05, 0) is 18.4 Å². The summed E-state index contributed by atoms with van der Waals surface area (Å²) in [6.07, 6.45) is 2.36. The minimum absolute atomic E-state index is 0.0222. The van der Waals surface area contributed by atoms with Gasteiger partial charge in [-0.1, -0.05) is 25.1 Å². The van der Waals surface area contributed by atoms with Crippen LogP contribution in [0.4, 0.5) is 0 Å². The Labute approximate surface area is 127 Å². The second kappa shape index (κ2) is 6.58. The zero-order valence-electron chi connectivity index (χ0n) is 12.1. The molecule has 1 aromatic carbocycles. The van der Waals surface area contributed by atoms with E-state index in [1.165, 1.54) is 23.4 Å². The Morgan fingerprint density at radius 2 is 2.00 bits per heavy atom. The molecule has 5 nitrogen and oxygen atoms in total. The summed E-state index contributed by atoms with van der Waals surface area (Å²) in [4.78, 5) is 29.1. The second-order valence-electron chi connectivity index (χ2n) is 4.23. The van der Waals surface area contributed by atoms with Gasteiger partial charge >= 0.3 is 5.97 Å². The van der Waals surface area contributed by atoms with Gasteiger partial charge in [0, 0.05) is 6.42 Å². The van der Waals surface area contributed by atoms with Crippen LogP contribution in [0.5, 0.6) is 0 Å². The number of aromatic nitrogens is 2. The summed E-state index contributed by atoms with van der Waals surface area (Å²) < 4.78 is 6.18. The van der Waals surface area contributed by atoms with E-state index in [1.807, 2.05) is 37.3 Å². The first-order valence-corrected chi connectivity index (χ1v) is 7.70. The van der Waals surface area contributed by atoms with Gasteiger partial charge in [0.25, 0.3) is 5.56 Å². The van der Waals surface area contributed by atoms with Crippen molar-refractivity contribution in [2.45, 2.75) is 18.4 Å². The van der Waals surface area contributed by atoms with Gasteiger partial charge in [0.05, 0.1) is 12.8 Å². The molecule has 0 saturated heterocycles. The van der Waals surface area contributed by atoms with E-state index in [2.05, 4.69) is 4.98 Å². The zero-order valence-corrected chi connectivity index (χ0v) is 12.9. The molecule has 0 N–H and O–H groups in total. The number of nitrogens with zero attached hydrogens (tertiary/aromatic N) is 2. The molecule has 0 aliphatic rings. The molecular formula is C15H16N2O3S. The molecule has 0 fully saturated rings. The first kappa shape index (κ1) is 15.3. The van der Waals surface area contributed by atoms with E-state index < -0.39 is 11.5 Å². The number of para-hydroxylation sites is 1. The first-order valence-electron chi connectivity index (χ1n) is 6.47. The topological polar surface area (TPSA) is 61.2 Å². The predicted molar refractivity (Wildman–Crippen MR) is 82.3 cm³/mol. The third-order valence-corrected chi connectivity index (χ3v) is 3.72. The smallest absolute Gasteiger partial charge is 0.346 e. The van der Waals surface area contributed by atoms with Crippen LogP contribution in [0.1, 0.15) is 23.1 Å². The zero-order chi connectivity index (χ0) is 15.4. The SMILES string of the molecule is CCc1nc(SC)c(C(=O)OC)c(=O)n1-c1ccccc1. The highest BCUT2D eigenvalue weighted by atomic mass is 32.2. The molecule has 1 heterocycles. The quantitative estimate of drug-likeness (QED) is 0.493. The number of carbonyl (C=O) groups is 1. The number of hydrogen-bond acceptors (Lipinski definition) is 5. The Morgan fingerprint density at radius 3 is 2.52 bits per heavy atom. The largest absolute Gasteiger partial charge is 0.465 e. The number of thioether (sulfide) groups is 1. The third-order valence-electron chi connectivity index (χ3n) is 3.03. The van der Waals surface area contributed by atoms with Crippen molar-refractivity contribution >= 4 is 17.7 Å². The van der Waals surface area contributed by atoms with Crippen molar-refractivity contribution in [3.63, 3.8) is 0 Å². The van der Waals surface area contributed by atoms with E-state index in [1.54, 1.807) is 6.26 Å². The fourth-order valence-corrected chi connectivity index (χ4v) is 2.62. The fourth-order valence-electron chi connectivity index (χ4n) is 2.05. The van der Waals surface area contributed by atoms with E-state index in [4.69, 9.17) is 4.74 Å². The lowest BCUT2D eigenvalue weighted by atomic mass is 10.2. The van der Waals surface area contributed by atoms with Crippen LogP contribution in [0.2, 0.25) is 0 Å². The van der Waals surface area contributed by atoms with E-state index in [0.29, 0.717) is 23.0 Å². The molecule has 0 bridgehead atoms. The molecular weight excluding hydrogens is 288 g/mol. The van der Waals surface area contributed by atoms with Crippen LogP contribution in [0, 0.1) is 0 Å². The molecule has 6 heteroatoms. The molecule has 110 valence electrons. The molecule has 0 aliphatic heterocycles. The molecule has 0 amide bonds. The minimum Gasteiger partial charge on any atom is -0.465 e. The summed E-state index contributed by atoms with van der Waals surface area (Å²) in [6, 6.07) is 9.15. The number of aryl methyl sites for hydroxylation is 1. The van der Waals surface area contributed by atoms with E-state index in [-0.39, 0.29) is 5.56 Å². The second-order valence-corrected chi connectivity index (χ2v) is 5.03. The summed E-state index contributed by atoms with van der Waals surface area (Å²) in [5.41, 5.74) is 0.264. The lowest BCUT2D eigenvalue weighted by molar-refractivity contribution is 0.0593. The number of esters is 1. The predicted octanol–water partition coefficient (Wildman–Crippen LogP) is 2.30. The average molecular weight is 304 g/mol. The van der Waals surface area contributed by atoms with Crippen LogP contribution in [-0.4, -0.2) is 28.9 Å². The lowest BCUT2D eigenvalue weighted by Gasteiger charge is -2.14. The van der Waals surface area contributed by atoms with Gasteiger partial charge in [-0.3, -0.25) is 9.36 Å². The van der Waals surface area contributed by atoms with Gasteiger partial charge in [-0.25, -0.2) is 9.78 Å². The van der Waals surface area contributed by atoms with Crippen LogP contribution in [0.15, 0.2) is 40.2 Å². The van der Waals surface area contributed by atoms with Crippen LogP contribution < -0.4 is 5.56 Å². The summed E-state index contributed by atoms with van der Waals surface area (Å²) in [5, 5.41) is 0.399. The maximum Gasteiger partial charge on any atom is 0.346 e. The molecule has 2 rings (SSSR count). The van der Waals surface area contributed by atoms with Crippen molar-refractivity contribution in [3.05, 3.63) is 52.1 Å². The number of benzene rings is 1. The Balaban J connectivity index is 2.81. The highest BCUT2D eigenvalue weighted by Crippen LogP contribution is 2.18. The van der Waals surface area contributed by atoms with Crippen LogP contribution in [0.3, 0.4) is 0 Å². The maximum atomic E-state index is 12.7. The van der Waals surface area contributed by atoms with Gasteiger partial charge in [0.2, 0.25) is 0 Å². The highest BCUT2D eigenvalue weighted by molar-refractivity contribution is 7.98.